The van der Waals surface area contributed by atoms with E-state index in [-0.39, 0.29) is 6.10 Å². The summed E-state index contributed by atoms with van der Waals surface area (Å²) in [6.45, 7) is 3.17. The van der Waals surface area contributed by atoms with E-state index < -0.39 is 6.10 Å². The van der Waals surface area contributed by atoms with E-state index >= 15 is 0 Å². The van der Waals surface area contributed by atoms with E-state index in [1.807, 2.05) is 24.3 Å². The highest BCUT2D eigenvalue weighted by Gasteiger charge is 2.22. The normalized spacial score (nSPS) is 21.7. The molecule has 3 heteroatoms. The van der Waals surface area contributed by atoms with Crippen molar-refractivity contribution in [3.63, 3.8) is 0 Å². The fraction of sp³-hybridized carbons (Fsp3) is 0.455. The second-order valence-corrected chi connectivity index (χ2v) is 3.51. The lowest BCUT2D eigenvalue weighted by atomic mass is 10.1. The van der Waals surface area contributed by atoms with Gasteiger partial charge in [0.1, 0.15) is 18.5 Å². The van der Waals surface area contributed by atoms with Crippen LogP contribution in [-0.4, -0.2) is 24.4 Å². The molecular weight excluding hydrogens is 180 g/mol. The van der Waals surface area contributed by atoms with Crippen molar-refractivity contribution in [1.82, 2.24) is 0 Å². The van der Waals surface area contributed by atoms with Crippen molar-refractivity contribution in [2.45, 2.75) is 19.1 Å². The molecule has 0 bridgehead atoms. The highest BCUT2D eigenvalue weighted by atomic mass is 16.6. The van der Waals surface area contributed by atoms with Crippen LogP contribution in [0, 0.1) is 0 Å². The molecule has 3 nitrogen and oxygen atoms in total. The Hall–Kier alpha value is -1.06. The summed E-state index contributed by atoms with van der Waals surface area (Å²) in [6, 6.07) is 7.47. The first-order chi connectivity index (χ1) is 6.75. The van der Waals surface area contributed by atoms with E-state index in [0.29, 0.717) is 6.61 Å². The van der Waals surface area contributed by atoms with Crippen LogP contribution < -0.4 is 4.74 Å². The van der Waals surface area contributed by atoms with Gasteiger partial charge in [0.05, 0.1) is 12.7 Å². The van der Waals surface area contributed by atoms with Crippen LogP contribution in [0.1, 0.15) is 18.6 Å². The number of benzene rings is 1. The zero-order chi connectivity index (χ0) is 9.97. The number of hydrogen-bond acceptors (Lipinski definition) is 3. The number of aliphatic hydroxyl groups is 1. The van der Waals surface area contributed by atoms with Gasteiger partial charge in [-0.25, -0.2) is 0 Å². The van der Waals surface area contributed by atoms with Crippen LogP contribution in [0.2, 0.25) is 0 Å². The molecule has 1 aliphatic heterocycles. The first-order valence-corrected chi connectivity index (χ1v) is 4.78. The smallest absolute Gasteiger partial charge is 0.119 e. The maximum Gasteiger partial charge on any atom is 0.119 e. The van der Waals surface area contributed by atoms with Crippen molar-refractivity contribution in [3.05, 3.63) is 29.8 Å². The Labute approximate surface area is 83.3 Å². The SMILES string of the molecule is C[C@@H](O)c1ccc(OC[C@@H]2CO2)cc1. The largest absolute Gasteiger partial charge is 0.491 e. The molecule has 1 aromatic carbocycles. The molecule has 76 valence electrons. The highest BCUT2D eigenvalue weighted by molar-refractivity contribution is 5.28. The zero-order valence-corrected chi connectivity index (χ0v) is 8.14. The lowest BCUT2D eigenvalue weighted by Crippen LogP contribution is -2.04. The quantitative estimate of drug-likeness (QED) is 0.739. The highest BCUT2D eigenvalue weighted by Crippen LogP contribution is 2.18. The minimum absolute atomic E-state index is 0.284. The third-order valence-corrected chi connectivity index (χ3v) is 2.20. The summed E-state index contributed by atoms with van der Waals surface area (Å²) in [7, 11) is 0. The van der Waals surface area contributed by atoms with Crippen LogP contribution in [0.3, 0.4) is 0 Å². The second kappa shape index (κ2) is 3.98. The molecule has 0 unspecified atom stereocenters. The van der Waals surface area contributed by atoms with Gasteiger partial charge < -0.3 is 14.6 Å². The van der Waals surface area contributed by atoms with Crippen molar-refractivity contribution < 1.29 is 14.6 Å². The molecule has 2 rings (SSSR count). The molecule has 0 radical (unpaired) electrons. The standard InChI is InChI=1S/C11H14O3/c1-8(12)9-2-4-10(5-3-9)13-6-11-7-14-11/h2-5,8,11-12H,6-7H2,1H3/t8-,11-/m1/s1. The minimum Gasteiger partial charge on any atom is -0.491 e. The van der Waals surface area contributed by atoms with E-state index in [0.717, 1.165) is 17.9 Å². The van der Waals surface area contributed by atoms with Crippen molar-refractivity contribution in [1.29, 1.82) is 0 Å². The number of hydrogen-bond donors (Lipinski definition) is 1. The van der Waals surface area contributed by atoms with Crippen molar-refractivity contribution >= 4 is 0 Å². The molecule has 1 fully saturated rings. The second-order valence-electron chi connectivity index (χ2n) is 3.51. The Morgan fingerprint density at radius 1 is 1.50 bits per heavy atom. The lowest BCUT2D eigenvalue weighted by Gasteiger charge is -2.07. The van der Waals surface area contributed by atoms with Crippen LogP contribution in [0.5, 0.6) is 5.75 Å². The maximum absolute atomic E-state index is 9.28. The summed E-state index contributed by atoms with van der Waals surface area (Å²) in [5, 5.41) is 9.28. The molecule has 0 saturated carbocycles. The van der Waals surface area contributed by atoms with Gasteiger partial charge in [-0.1, -0.05) is 12.1 Å². The van der Waals surface area contributed by atoms with Gasteiger partial charge in [-0.3, -0.25) is 0 Å². The number of rotatable bonds is 4. The van der Waals surface area contributed by atoms with Crippen LogP contribution in [0.25, 0.3) is 0 Å². The molecule has 0 amide bonds. The molecule has 0 aliphatic carbocycles. The summed E-state index contributed by atoms with van der Waals surface area (Å²) in [6.07, 6.45) is -0.137. The van der Waals surface area contributed by atoms with Crippen molar-refractivity contribution in [3.8, 4) is 5.75 Å². The van der Waals surface area contributed by atoms with Gasteiger partial charge in [0, 0.05) is 0 Å². The van der Waals surface area contributed by atoms with Gasteiger partial charge in [-0.05, 0) is 24.6 Å². The van der Waals surface area contributed by atoms with Gasteiger partial charge in [-0.2, -0.15) is 0 Å². The van der Waals surface area contributed by atoms with Crippen LogP contribution in [-0.2, 0) is 4.74 Å². The molecule has 0 spiro atoms. The van der Waals surface area contributed by atoms with Gasteiger partial charge in [0.15, 0.2) is 0 Å². The Bertz CT molecular complexity index is 288. The van der Waals surface area contributed by atoms with Crippen LogP contribution in [0.4, 0.5) is 0 Å². The summed E-state index contributed by atoms with van der Waals surface area (Å²) in [5.74, 6) is 0.824. The number of aliphatic hydroxyl groups excluding tert-OH is 1. The van der Waals surface area contributed by atoms with Gasteiger partial charge in [0.25, 0.3) is 0 Å². The van der Waals surface area contributed by atoms with E-state index in [2.05, 4.69) is 0 Å². The van der Waals surface area contributed by atoms with Gasteiger partial charge >= 0.3 is 0 Å². The molecular formula is C11H14O3. The summed E-state index contributed by atoms with van der Waals surface area (Å²) in [5.41, 5.74) is 0.903. The maximum atomic E-state index is 9.28. The van der Waals surface area contributed by atoms with Gasteiger partial charge in [-0.15, -0.1) is 0 Å². The molecule has 1 saturated heterocycles. The zero-order valence-electron chi connectivity index (χ0n) is 8.14. The fourth-order valence-corrected chi connectivity index (χ4v) is 1.20. The molecule has 2 atom stereocenters. The average molecular weight is 194 g/mol. The van der Waals surface area contributed by atoms with E-state index in [1.54, 1.807) is 6.92 Å². The Morgan fingerprint density at radius 2 is 2.14 bits per heavy atom. The van der Waals surface area contributed by atoms with Crippen molar-refractivity contribution in [2.24, 2.45) is 0 Å². The third kappa shape index (κ3) is 2.47. The predicted molar refractivity (Wildman–Crippen MR) is 52.3 cm³/mol. The Kier molecular flexibility index (Phi) is 2.70. The number of ether oxygens (including phenoxy) is 2. The molecule has 1 N–H and O–H groups in total. The fourth-order valence-electron chi connectivity index (χ4n) is 1.20. The Morgan fingerprint density at radius 3 is 2.64 bits per heavy atom. The lowest BCUT2D eigenvalue weighted by molar-refractivity contribution is 0.199. The molecule has 1 aromatic rings. The molecule has 0 aromatic heterocycles. The predicted octanol–water partition coefficient (Wildman–Crippen LogP) is 1.52. The average Bonchev–Trinajstić information content (AvgIpc) is 2.99. The van der Waals surface area contributed by atoms with E-state index in [1.165, 1.54) is 0 Å². The van der Waals surface area contributed by atoms with E-state index in [9.17, 15) is 5.11 Å². The summed E-state index contributed by atoms with van der Waals surface area (Å²) < 4.78 is 10.5. The van der Waals surface area contributed by atoms with E-state index in [4.69, 9.17) is 9.47 Å². The Balaban J connectivity index is 1.91. The molecule has 1 aliphatic rings. The third-order valence-electron chi connectivity index (χ3n) is 2.20. The monoisotopic (exact) mass is 194 g/mol. The first kappa shape index (κ1) is 9.49. The molecule has 1 heterocycles. The summed E-state index contributed by atoms with van der Waals surface area (Å²) >= 11 is 0. The van der Waals surface area contributed by atoms with Crippen LogP contribution in [0.15, 0.2) is 24.3 Å². The van der Waals surface area contributed by atoms with Crippen molar-refractivity contribution in [2.75, 3.05) is 13.2 Å². The first-order valence-electron chi connectivity index (χ1n) is 4.78. The minimum atomic E-state index is -0.421. The van der Waals surface area contributed by atoms with Gasteiger partial charge in [0.2, 0.25) is 0 Å². The van der Waals surface area contributed by atoms with Crippen LogP contribution >= 0.6 is 0 Å². The number of epoxide rings is 1. The topological polar surface area (TPSA) is 42.0 Å². The summed E-state index contributed by atoms with van der Waals surface area (Å²) in [4.78, 5) is 0. The molecule has 14 heavy (non-hydrogen) atoms.